The number of thioether (sulfide) groups is 1. The predicted molar refractivity (Wildman–Crippen MR) is 81.6 cm³/mol. The molecule has 0 aliphatic carbocycles. The van der Waals surface area contributed by atoms with Gasteiger partial charge in [-0.05, 0) is 24.7 Å². The average molecular weight is 338 g/mol. The number of nitrogens with one attached hydrogen (secondary N) is 2. The summed E-state index contributed by atoms with van der Waals surface area (Å²) in [6.07, 6.45) is -2.79. The van der Waals surface area contributed by atoms with Crippen LogP contribution in [0.15, 0.2) is 0 Å². The molecular formula is C13H21F3N4OS. The molecule has 1 aliphatic heterocycles. The van der Waals surface area contributed by atoms with Gasteiger partial charge in [0.05, 0.1) is 0 Å². The van der Waals surface area contributed by atoms with Gasteiger partial charge in [0, 0.05) is 39.0 Å². The number of hydrogen-bond acceptors (Lipinski definition) is 5. The quantitative estimate of drug-likeness (QED) is 0.597. The zero-order chi connectivity index (χ0) is 16.8. The summed E-state index contributed by atoms with van der Waals surface area (Å²) in [4.78, 5) is 14.9. The summed E-state index contributed by atoms with van der Waals surface area (Å²) in [5.41, 5.74) is 0. The molecule has 2 N–H and O–H groups in total. The third-order valence-corrected chi connectivity index (χ3v) is 4.33. The summed E-state index contributed by atoms with van der Waals surface area (Å²) in [5.74, 6) is 0.238. The van der Waals surface area contributed by atoms with Crippen molar-refractivity contribution >= 4 is 27.8 Å². The Morgan fingerprint density at radius 3 is 2.27 bits per heavy atom. The number of alkyl halides is 3. The van der Waals surface area contributed by atoms with E-state index < -0.39 is 11.2 Å². The fraction of sp³-hybridized carbons (Fsp3) is 0.769. The molecule has 0 aromatic carbocycles. The minimum absolute atomic E-state index is 0.143. The number of rotatable bonds is 5. The lowest BCUT2D eigenvalue weighted by Gasteiger charge is -2.35. The molecule has 22 heavy (non-hydrogen) atoms. The van der Waals surface area contributed by atoms with Crippen LogP contribution in [0.2, 0.25) is 0 Å². The first-order valence-corrected chi connectivity index (χ1v) is 7.96. The van der Waals surface area contributed by atoms with Crippen molar-refractivity contribution in [2.45, 2.75) is 32.4 Å². The first-order chi connectivity index (χ1) is 10.2. The van der Waals surface area contributed by atoms with Crippen molar-refractivity contribution in [3.05, 3.63) is 0 Å². The van der Waals surface area contributed by atoms with E-state index in [-0.39, 0.29) is 22.7 Å². The molecule has 1 rings (SSSR count). The van der Waals surface area contributed by atoms with E-state index in [0.717, 1.165) is 13.0 Å². The number of halogens is 3. The van der Waals surface area contributed by atoms with E-state index in [1.165, 1.54) is 0 Å². The first kappa shape index (κ1) is 19.0. The molecule has 0 spiro atoms. The first-order valence-electron chi connectivity index (χ1n) is 7.15. The van der Waals surface area contributed by atoms with Crippen LogP contribution in [0, 0.1) is 10.8 Å². The highest BCUT2D eigenvalue weighted by Crippen LogP contribution is 2.25. The van der Waals surface area contributed by atoms with Gasteiger partial charge in [-0.2, -0.15) is 13.2 Å². The fourth-order valence-electron chi connectivity index (χ4n) is 2.07. The summed E-state index contributed by atoms with van der Waals surface area (Å²) >= 11 is 0.143. The minimum Gasteiger partial charge on any atom is -0.349 e. The molecule has 1 heterocycles. The number of hydrogen-bond donors (Lipinski definition) is 2. The molecule has 1 aliphatic rings. The highest BCUT2D eigenvalue weighted by Gasteiger charge is 2.36. The molecule has 0 aromatic rings. The van der Waals surface area contributed by atoms with Crippen molar-refractivity contribution in [1.29, 1.82) is 10.8 Å². The van der Waals surface area contributed by atoms with E-state index in [2.05, 4.69) is 4.90 Å². The lowest BCUT2D eigenvalue weighted by atomic mass is 10.1. The van der Waals surface area contributed by atoms with Gasteiger partial charge >= 0.3 is 6.18 Å². The largest absolute Gasteiger partial charge is 0.439 e. The number of amidine groups is 1. The van der Waals surface area contributed by atoms with Gasteiger partial charge in [0.1, 0.15) is 5.78 Å². The molecule has 9 heteroatoms. The van der Waals surface area contributed by atoms with Crippen LogP contribution in [0.25, 0.3) is 0 Å². The van der Waals surface area contributed by atoms with Crippen LogP contribution in [-0.4, -0.2) is 64.7 Å². The van der Waals surface area contributed by atoms with Gasteiger partial charge in [0.15, 0.2) is 10.2 Å². The van der Waals surface area contributed by atoms with Crippen LogP contribution in [0.1, 0.15) is 26.2 Å². The summed E-state index contributed by atoms with van der Waals surface area (Å²) in [5, 5.41) is 12.9. The van der Waals surface area contributed by atoms with E-state index in [4.69, 9.17) is 10.8 Å². The van der Waals surface area contributed by atoms with Gasteiger partial charge in [-0.25, -0.2) is 0 Å². The van der Waals surface area contributed by atoms with Gasteiger partial charge in [0.2, 0.25) is 0 Å². The normalized spacial score (nSPS) is 16.6. The smallest absolute Gasteiger partial charge is 0.349 e. The number of ketones is 1. The SMILES string of the molecule is CCC(=O)CCCN1CCN(C(=N)SC(=N)C(F)(F)F)CC1. The Balaban J connectivity index is 2.28. The van der Waals surface area contributed by atoms with E-state index in [1.54, 1.807) is 4.90 Å². The van der Waals surface area contributed by atoms with Gasteiger partial charge in [-0.3, -0.25) is 20.5 Å². The van der Waals surface area contributed by atoms with Crippen LogP contribution in [0.5, 0.6) is 0 Å². The molecule has 5 nitrogen and oxygen atoms in total. The summed E-state index contributed by atoms with van der Waals surface area (Å²) in [6.45, 7) is 4.88. The summed E-state index contributed by atoms with van der Waals surface area (Å²) in [7, 11) is 0. The lowest BCUT2D eigenvalue weighted by Crippen LogP contribution is -2.48. The van der Waals surface area contributed by atoms with Crippen molar-refractivity contribution in [1.82, 2.24) is 9.80 Å². The highest BCUT2D eigenvalue weighted by atomic mass is 32.2. The lowest BCUT2D eigenvalue weighted by molar-refractivity contribution is -0.118. The monoisotopic (exact) mass is 338 g/mol. The Bertz CT molecular complexity index is 420. The van der Waals surface area contributed by atoms with Gasteiger partial charge in [-0.15, -0.1) is 0 Å². The average Bonchev–Trinajstić information content (AvgIpc) is 2.46. The number of nitrogens with zero attached hydrogens (tertiary/aromatic N) is 2. The summed E-state index contributed by atoms with van der Waals surface area (Å²) in [6, 6.07) is 0. The molecule has 0 radical (unpaired) electrons. The molecule has 0 saturated carbocycles. The summed E-state index contributed by atoms with van der Waals surface area (Å²) < 4.78 is 36.8. The zero-order valence-corrected chi connectivity index (χ0v) is 13.3. The van der Waals surface area contributed by atoms with E-state index in [9.17, 15) is 18.0 Å². The van der Waals surface area contributed by atoms with Crippen LogP contribution in [-0.2, 0) is 4.79 Å². The molecule has 0 unspecified atom stereocenters. The molecular weight excluding hydrogens is 317 g/mol. The van der Waals surface area contributed by atoms with E-state index in [1.807, 2.05) is 6.92 Å². The van der Waals surface area contributed by atoms with Gasteiger partial charge in [-0.1, -0.05) is 6.92 Å². The molecule has 0 amide bonds. The Hall–Kier alpha value is -1.09. The Kier molecular flexibility index (Phi) is 7.34. The predicted octanol–water partition coefficient (Wildman–Crippen LogP) is 2.57. The standard InChI is InChI=1S/C13H21F3N4OS/c1-2-10(21)4-3-5-19-6-8-20(9-7-19)12(18)22-11(17)13(14,15)16/h17-18H,2-9H2,1H3. The van der Waals surface area contributed by atoms with Gasteiger partial charge < -0.3 is 4.90 Å². The molecule has 0 aromatic heterocycles. The molecule has 1 saturated heterocycles. The zero-order valence-electron chi connectivity index (χ0n) is 12.5. The minimum atomic E-state index is -4.69. The van der Waals surface area contributed by atoms with E-state index in [0.29, 0.717) is 39.0 Å². The van der Waals surface area contributed by atoms with Gasteiger partial charge in [0.25, 0.3) is 0 Å². The fourth-order valence-corrected chi connectivity index (χ4v) is 2.69. The number of carbonyl (C=O) groups excluding carboxylic acids is 1. The third kappa shape index (κ3) is 6.35. The van der Waals surface area contributed by atoms with Crippen LogP contribution >= 0.6 is 11.8 Å². The van der Waals surface area contributed by atoms with Crippen molar-refractivity contribution in [3.63, 3.8) is 0 Å². The van der Waals surface area contributed by atoms with E-state index >= 15 is 0 Å². The number of carbonyl (C=O) groups is 1. The Morgan fingerprint density at radius 2 is 1.77 bits per heavy atom. The van der Waals surface area contributed by atoms with Crippen LogP contribution in [0.3, 0.4) is 0 Å². The second-order valence-corrected chi connectivity index (χ2v) is 6.06. The maximum Gasteiger partial charge on any atom is 0.439 e. The molecule has 126 valence electrons. The molecule has 1 fully saturated rings. The number of Topliss-reactive ketones (excluding diaryl/α,β-unsaturated/α-hetero) is 1. The topological polar surface area (TPSA) is 71.2 Å². The van der Waals surface area contributed by atoms with Crippen molar-refractivity contribution < 1.29 is 18.0 Å². The van der Waals surface area contributed by atoms with Crippen molar-refractivity contribution in [2.24, 2.45) is 0 Å². The molecule has 0 bridgehead atoms. The second kappa shape index (κ2) is 8.52. The molecule has 0 atom stereocenters. The maximum atomic E-state index is 12.3. The number of piperazine rings is 1. The highest BCUT2D eigenvalue weighted by molar-refractivity contribution is 8.26. The Morgan fingerprint density at radius 1 is 1.18 bits per heavy atom. The van der Waals surface area contributed by atoms with Crippen LogP contribution < -0.4 is 0 Å². The Labute approximate surface area is 132 Å². The van der Waals surface area contributed by atoms with Crippen molar-refractivity contribution in [3.8, 4) is 0 Å². The maximum absolute atomic E-state index is 12.3. The van der Waals surface area contributed by atoms with Crippen LogP contribution in [0.4, 0.5) is 13.2 Å². The second-order valence-electron chi connectivity index (χ2n) is 5.06. The third-order valence-electron chi connectivity index (χ3n) is 3.44. The van der Waals surface area contributed by atoms with Crippen molar-refractivity contribution in [2.75, 3.05) is 32.7 Å².